The van der Waals surface area contributed by atoms with Crippen LogP contribution in [-0.2, 0) is 11.3 Å². The summed E-state index contributed by atoms with van der Waals surface area (Å²) in [5, 5.41) is 36.5. The average molecular weight is 330 g/mol. The lowest BCUT2D eigenvalue weighted by Crippen LogP contribution is -2.20. The van der Waals surface area contributed by atoms with Crippen molar-refractivity contribution in [3.05, 3.63) is 55.8 Å². The zero-order valence-corrected chi connectivity index (χ0v) is 12.3. The summed E-state index contributed by atoms with van der Waals surface area (Å²) >= 11 is 0. The molecule has 0 bridgehead atoms. The second-order valence-corrected chi connectivity index (χ2v) is 4.71. The van der Waals surface area contributed by atoms with Crippen molar-refractivity contribution in [2.75, 3.05) is 5.32 Å². The number of nitrogens with one attached hydrogen (secondary N) is 1. The third-order valence-electron chi connectivity index (χ3n) is 3.06. The molecule has 1 aromatic heterocycles. The summed E-state index contributed by atoms with van der Waals surface area (Å²) in [4.78, 5) is 32.0. The van der Waals surface area contributed by atoms with Gasteiger partial charge in [0.15, 0.2) is 0 Å². The predicted molar refractivity (Wildman–Crippen MR) is 80.1 cm³/mol. The maximum Gasteiger partial charge on any atom is 0.390 e. The van der Waals surface area contributed by atoms with E-state index in [4.69, 9.17) is 5.26 Å². The Labute approximate surface area is 134 Å². The first-order valence-electron chi connectivity index (χ1n) is 6.49. The van der Waals surface area contributed by atoms with E-state index in [0.717, 1.165) is 16.8 Å². The highest BCUT2D eigenvalue weighted by molar-refractivity contribution is 5.92. The molecule has 11 heteroatoms. The van der Waals surface area contributed by atoms with Crippen LogP contribution in [0, 0.1) is 38.5 Å². The quantitative estimate of drug-likeness (QED) is 0.642. The van der Waals surface area contributed by atoms with E-state index in [1.54, 1.807) is 13.0 Å². The molecule has 122 valence electrons. The highest BCUT2D eigenvalue weighted by atomic mass is 16.6. The van der Waals surface area contributed by atoms with Crippen molar-refractivity contribution >= 4 is 23.1 Å². The first-order valence-corrected chi connectivity index (χ1v) is 6.49. The highest BCUT2D eigenvalue weighted by Crippen LogP contribution is 2.21. The molecule has 0 saturated carbocycles. The van der Waals surface area contributed by atoms with Crippen LogP contribution < -0.4 is 5.32 Å². The van der Waals surface area contributed by atoms with Gasteiger partial charge in [-0.2, -0.15) is 9.94 Å². The predicted octanol–water partition coefficient (Wildman–Crippen LogP) is 1.52. The van der Waals surface area contributed by atoms with Gasteiger partial charge in [0.1, 0.15) is 12.6 Å². The number of non-ortho nitro benzene ring substituents is 1. The molecule has 2 aromatic rings. The largest absolute Gasteiger partial charge is 0.390 e. The second kappa shape index (κ2) is 6.53. The number of benzene rings is 1. The third-order valence-corrected chi connectivity index (χ3v) is 3.06. The molecule has 2 rings (SSSR count). The van der Waals surface area contributed by atoms with Crippen LogP contribution in [0.1, 0.15) is 11.3 Å². The molecule has 1 N–H and O–H groups in total. The number of rotatable bonds is 5. The van der Waals surface area contributed by atoms with E-state index in [1.807, 2.05) is 0 Å². The summed E-state index contributed by atoms with van der Waals surface area (Å²) in [6.07, 6.45) is 0. The SMILES string of the molecule is Cc1cc([N+](=O)[O-])nn1CC(=O)Nc1ccc([N+](=O)[O-])cc1C#N. The minimum Gasteiger partial charge on any atom is -0.358 e. The normalized spacial score (nSPS) is 10.0. The monoisotopic (exact) mass is 330 g/mol. The van der Waals surface area contributed by atoms with Crippen molar-refractivity contribution in [2.45, 2.75) is 13.5 Å². The number of amides is 1. The molecule has 11 nitrogen and oxygen atoms in total. The number of aryl methyl sites for hydroxylation is 1. The van der Waals surface area contributed by atoms with E-state index in [9.17, 15) is 25.0 Å². The van der Waals surface area contributed by atoms with Crippen molar-refractivity contribution in [3.8, 4) is 6.07 Å². The molecule has 24 heavy (non-hydrogen) atoms. The molecule has 0 fully saturated rings. The van der Waals surface area contributed by atoms with Gasteiger partial charge in [0.05, 0.1) is 33.0 Å². The lowest BCUT2D eigenvalue weighted by molar-refractivity contribution is -0.389. The fourth-order valence-electron chi connectivity index (χ4n) is 1.92. The van der Waals surface area contributed by atoms with Crippen LogP contribution >= 0.6 is 0 Å². The van der Waals surface area contributed by atoms with Gasteiger partial charge in [0.25, 0.3) is 5.69 Å². The smallest absolute Gasteiger partial charge is 0.358 e. The lowest BCUT2D eigenvalue weighted by atomic mass is 10.1. The van der Waals surface area contributed by atoms with E-state index in [-0.39, 0.29) is 29.3 Å². The number of nitrogens with zero attached hydrogens (tertiary/aromatic N) is 5. The molecule has 0 radical (unpaired) electrons. The summed E-state index contributed by atoms with van der Waals surface area (Å²) < 4.78 is 1.14. The van der Waals surface area contributed by atoms with E-state index < -0.39 is 15.8 Å². The van der Waals surface area contributed by atoms with Crippen molar-refractivity contribution in [2.24, 2.45) is 0 Å². The molecule has 0 aliphatic rings. The Morgan fingerprint density at radius 3 is 2.58 bits per heavy atom. The molecule has 0 spiro atoms. The number of nitro groups is 2. The first kappa shape index (κ1) is 16.6. The Hall–Kier alpha value is -3.81. The Kier molecular flexibility index (Phi) is 4.50. The van der Waals surface area contributed by atoms with Crippen molar-refractivity contribution in [3.63, 3.8) is 0 Å². The molecule has 0 atom stereocenters. The molecule has 1 amide bonds. The van der Waals surface area contributed by atoms with Gasteiger partial charge in [-0.3, -0.25) is 14.9 Å². The molecule has 0 aliphatic carbocycles. The summed E-state index contributed by atoms with van der Waals surface area (Å²) in [5.74, 6) is -0.963. The van der Waals surface area contributed by atoms with Crippen LogP contribution in [0.5, 0.6) is 0 Å². The number of carbonyl (C=O) groups excluding carboxylic acids is 1. The zero-order chi connectivity index (χ0) is 17.9. The second-order valence-electron chi connectivity index (χ2n) is 4.71. The van der Waals surface area contributed by atoms with Crippen molar-refractivity contribution in [1.82, 2.24) is 9.78 Å². The number of anilines is 1. The minimum absolute atomic E-state index is 0.0688. The fraction of sp³-hybridized carbons (Fsp3) is 0.154. The molecule has 0 aliphatic heterocycles. The van der Waals surface area contributed by atoms with Gasteiger partial charge in [0, 0.05) is 12.1 Å². The van der Waals surface area contributed by atoms with Crippen molar-refractivity contribution < 1.29 is 14.6 Å². The van der Waals surface area contributed by atoms with E-state index in [2.05, 4.69) is 10.4 Å². The Morgan fingerprint density at radius 1 is 1.33 bits per heavy atom. The third kappa shape index (κ3) is 3.50. The standard InChI is InChI=1S/C13H10N6O5/c1-8-4-12(19(23)24)16-17(8)7-13(20)15-11-3-2-10(18(21)22)5-9(11)6-14/h2-5H,7H2,1H3,(H,15,20). The van der Waals surface area contributed by atoms with Gasteiger partial charge < -0.3 is 15.4 Å². The molecular formula is C13H10N6O5. The maximum atomic E-state index is 12.0. The number of nitro benzene ring substituents is 1. The first-order chi connectivity index (χ1) is 11.3. The van der Waals surface area contributed by atoms with Crippen molar-refractivity contribution in [1.29, 1.82) is 5.26 Å². The summed E-state index contributed by atoms with van der Waals surface area (Å²) in [6, 6.07) is 6.42. The minimum atomic E-state index is -0.675. The summed E-state index contributed by atoms with van der Waals surface area (Å²) in [7, 11) is 0. The number of nitriles is 1. The highest BCUT2D eigenvalue weighted by Gasteiger charge is 2.18. The van der Waals surface area contributed by atoms with Crippen LogP contribution in [0.25, 0.3) is 0 Å². The van der Waals surface area contributed by atoms with E-state index >= 15 is 0 Å². The molecule has 0 saturated heterocycles. The molecule has 1 heterocycles. The van der Waals surface area contributed by atoms with Crippen LogP contribution in [0.2, 0.25) is 0 Å². The average Bonchev–Trinajstić information content (AvgIpc) is 2.88. The number of aromatic nitrogens is 2. The lowest BCUT2D eigenvalue weighted by Gasteiger charge is -2.06. The van der Waals surface area contributed by atoms with Gasteiger partial charge in [0.2, 0.25) is 5.91 Å². The van der Waals surface area contributed by atoms with E-state index in [0.29, 0.717) is 5.69 Å². The Balaban J connectivity index is 2.17. The molecular weight excluding hydrogens is 320 g/mol. The molecule has 0 unspecified atom stereocenters. The molecule has 1 aromatic carbocycles. The van der Waals surface area contributed by atoms with Gasteiger partial charge in [-0.1, -0.05) is 0 Å². The van der Waals surface area contributed by atoms with Crippen LogP contribution in [0.4, 0.5) is 17.2 Å². The fourth-order valence-corrected chi connectivity index (χ4v) is 1.92. The summed E-state index contributed by atoms with van der Waals surface area (Å²) in [5.41, 5.74) is 0.178. The Bertz CT molecular complexity index is 881. The number of hydrogen-bond acceptors (Lipinski definition) is 7. The number of carbonyl (C=O) groups is 1. The van der Waals surface area contributed by atoms with Crippen LogP contribution in [0.3, 0.4) is 0 Å². The van der Waals surface area contributed by atoms with Crippen LogP contribution in [-0.4, -0.2) is 25.5 Å². The van der Waals surface area contributed by atoms with Gasteiger partial charge in [-0.15, -0.1) is 0 Å². The maximum absolute atomic E-state index is 12.0. The Morgan fingerprint density at radius 2 is 2.04 bits per heavy atom. The summed E-state index contributed by atoms with van der Waals surface area (Å²) in [6.45, 7) is 1.25. The zero-order valence-electron chi connectivity index (χ0n) is 12.3. The van der Waals surface area contributed by atoms with Gasteiger partial charge >= 0.3 is 5.82 Å². The van der Waals surface area contributed by atoms with E-state index in [1.165, 1.54) is 12.1 Å². The van der Waals surface area contributed by atoms with Gasteiger partial charge in [-0.05, 0) is 17.9 Å². The topological polar surface area (TPSA) is 157 Å². The number of hydrogen-bond donors (Lipinski definition) is 1. The van der Waals surface area contributed by atoms with Crippen LogP contribution in [0.15, 0.2) is 24.3 Å². The van der Waals surface area contributed by atoms with Gasteiger partial charge in [-0.25, -0.2) is 0 Å².